The Kier molecular flexibility index (Phi) is 5.62. The minimum absolute atomic E-state index is 0.305. The molecule has 1 atom stereocenters. The first-order chi connectivity index (χ1) is 8.17. The summed E-state index contributed by atoms with van der Waals surface area (Å²) in [5.41, 5.74) is 6.70. The second-order valence-electron chi connectivity index (χ2n) is 3.87. The normalized spacial score (nSPS) is 12.5. The molecule has 5 N–H and O–H groups in total. The lowest BCUT2D eigenvalue weighted by atomic mass is 10.1. The number of hydrogen-bond donors (Lipinski definition) is 4. The van der Waals surface area contributed by atoms with Gasteiger partial charge in [0.2, 0.25) is 5.91 Å². The Bertz CT molecular complexity index is 339. The molecule has 94 valence electrons. The van der Waals surface area contributed by atoms with Gasteiger partial charge in [-0.3, -0.25) is 4.79 Å². The molecule has 0 heterocycles. The molecule has 1 aromatic rings. The number of nitrogens with two attached hydrogens (primary N) is 1. The van der Waals surface area contributed by atoms with Crippen molar-refractivity contribution in [3.8, 4) is 0 Å². The van der Waals surface area contributed by atoms with Gasteiger partial charge < -0.3 is 21.3 Å². The third-order valence-electron chi connectivity index (χ3n) is 2.42. The summed E-state index contributed by atoms with van der Waals surface area (Å²) < 4.78 is 0. The highest BCUT2D eigenvalue weighted by atomic mass is 16.3. The zero-order valence-electron chi connectivity index (χ0n) is 9.54. The SMILES string of the molecule is N[C@H](Cc1ccccc1)C(=O)NC(CO)CO. The smallest absolute Gasteiger partial charge is 0.237 e. The van der Waals surface area contributed by atoms with Crippen molar-refractivity contribution in [1.29, 1.82) is 0 Å². The summed E-state index contributed by atoms with van der Waals surface area (Å²) in [6, 6.07) is 8.10. The number of hydrogen-bond acceptors (Lipinski definition) is 4. The van der Waals surface area contributed by atoms with Crippen molar-refractivity contribution in [2.75, 3.05) is 13.2 Å². The van der Waals surface area contributed by atoms with E-state index in [9.17, 15) is 4.79 Å². The first-order valence-corrected chi connectivity index (χ1v) is 5.49. The second-order valence-corrected chi connectivity index (χ2v) is 3.87. The van der Waals surface area contributed by atoms with Gasteiger partial charge in [0, 0.05) is 0 Å². The van der Waals surface area contributed by atoms with Gasteiger partial charge in [-0.15, -0.1) is 0 Å². The van der Waals surface area contributed by atoms with Crippen LogP contribution in [0.4, 0.5) is 0 Å². The van der Waals surface area contributed by atoms with Crippen molar-refractivity contribution in [2.24, 2.45) is 5.73 Å². The average Bonchev–Trinajstić information content (AvgIpc) is 2.36. The molecule has 0 saturated carbocycles. The van der Waals surface area contributed by atoms with Gasteiger partial charge in [-0.1, -0.05) is 30.3 Å². The zero-order chi connectivity index (χ0) is 12.7. The van der Waals surface area contributed by atoms with Crippen LogP contribution in [0, 0.1) is 0 Å². The Morgan fingerprint density at radius 2 is 1.82 bits per heavy atom. The molecule has 1 amide bonds. The number of amides is 1. The van der Waals surface area contributed by atoms with E-state index >= 15 is 0 Å². The number of carbonyl (C=O) groups excluding carboxylic acids is 1. The van der Waals surface area contributed by atoms with Crippen LogP contribution in [-0.4, -0.2) is 41.4 Å². The molecule has 1 rings (SSSR count). The van der Waals surface area contributed by atoms with Gasteiger partial charge >= 0.3 is 0 Å². The number of aliphatic hydroxyl groups excluding tert-OH is 2. The molecule has 0 unspecified atom stereocenters. The lowest BCUT2D eigenvalue weighted by molar-refractivity contribution is -0.123. The molecule has 0 fully saturated rings. The van der Waals surface area contributed by atoms with Gasteiger partial charge in [0.05, 0.1) is 25.3 Å². The summed E-state index contributed by atoms with van der Waals surface area (Å²) in [6.07, 6.45) is 0.427. The van der Waals surface area contributed by atoms with E-state index in [0.717, 1.165) is 5.56 Å². The third kappa shape index (κ3) is 4.52. The number of benzene rings is 1. The second kappa shape index (κ2) is 7.01. The summed E-state index contributed by atoms with van der Waals surface area (Å²) in [5, 5.41) is 20.1. The Labute approximate surface area is 100 Å². The number of nitrogens with one attached hydrogen (secondary N) is 1. The van der Waals surface area contributed by atoms with E-state index in [1.165, 1.54) is 0 Å². The minimum atomic E-state index is -0.682. The molecule has 5 heteroatoms. The summed E-state index contributed by atoms with van der Waals surface area (Å²) in [7, 11) is 0. The predicted octanol–water partition coefficient (Wildman–Crippen LogP) is -0.974. The van der Waals surface area contributed by atoms with Gasteiger partial charge in [-0.25, -0.2) is 0 Å². The quantitative estimate of drug-likeness (QED) is 0.512. The van der Waals surface area contributed by atoms with Crippen molar-refractivity contribution in [2.45, 2.75) is 18.5 Å². The molecule has 0 aromatic heterocycles. The molecular formula is C12H18N2O3. The van der Waals surface area contributed by atoms with Crippen molar-refractivity contribution in [1.82, 2.24) is 5.32 Å². The van der Waals surface area contributed by atoms with Crippen LogP contribution in [0.2, 0.25) is 0 Å². The summed E-state index contributed by atoms with van der Waals surface area (Å²) in [4.78, 5) is 11.6. The number of aliphatic hydroxyl groups is 2. The summed E-state index contributed by atoms with van der Waals surface area (Å²) in [5.74, 6) is -0.373. The van der Waals surface area contributed by atoms with E-state index in [2.05, 4.69) is 5.32 Å². The van der Waals surface area contributed by atoms with Crippen LogP contribution in [0.3, 0.4) is 0 Å². The molecule has 0 saturated heterocycles. The molecular weight excluding hydrogens is 220 g/mol. The highest BCUT2D eigenvalue weighted by Gasteiger charge is 2.17. The molecule has 0 radical (unpaired) electrons. The van der Waals surface area contributed by atoms with Crippen molar-refractivity contribution in [3.63, 3.8) is 0 Å². The van der Waals surface area contributed by atoms with Crippen LogP contribution in [-0.2, 0) is 11.2 Å². The van der Waals surface area contributed by atoms with E-state index in [1.54, 1.807) is 0 Å². The van der Waals surface area contributed by atoms with Gasteiger partial charge in [-0.2, -0.15) is 0 Å². The highest BCUT2D eigenvalue weighted by Crippen LogP contribution is 2.02. The van der Waals surface area contributed by atoms with Crippen LogP contribution in [0.1, 0.15) is 5.56 Å². The monoisotopic (exact) mass is 238 g/mol. The van der Waals surface area contributed by atoms with Crippen LogP contribution in [0.5, 0.6) is 0 Å². The molecule has 0 aliphatic carbocycles. The molecule has 5 nitrogen and oxygen atoms in total. The molecule has 0 aliphatic heterocycles. The maximum Gasteiger partial charge on any atom is 0.237 e. The maximum absolute atomic E-state index is 11.6. The van der Waals surface area contributed by atoms with Crippen molar-refractivity contribution in [3.05, 3.63) is 35.9 Å². The number of carbonyl (C=O) groups is 1. The topological polar surface area (TPSA) is 95.6 Å². The molecule has 0 bridgehead atoms. The van der Waals surface area contributed by atoms with E-state index in [4.69, 9.17) is 15.9 Å². The standard InChI is InChI=1S/C12H18N2O3/c13-11(6-9-4-2-1-3-5-9)12(17)14-10(7-15)8-16/h1-5,10-11,15-16H,6-8,13H2,(H,14,17)/t11-/m1/s1. The first-order valence-electron chi connectivity index (χ1n) is 5.49. The lowest BCUT2D eigenvalue weighted by Gasteiger charge is -2.17. The van der Waals surface area contributed by atoms with E-state index in [1.807, 2.05) is 30.3 Å². The average molecular weight is 238 g/mol. The van der Waals surface area contributed by atoms with Gasteiger partial charge in [-0.05, 0) is 12.0 Å². The van der Waals surface area contributed by atoms with Gasteiger partial charge in [0.15, 0.2) is 0 Å². The summed E-state index contributed by atoms with van der Waals surface area (Å²) in [6.45, 7) is -0.611. The fourth-order valence-electron chi connectivity index (χ4n) is 1.42. The lowest BCUT2D eigenvalue weighted by Crippen LogP contribution is -2.48. The summed E-state index contributed by atoms with van der Waals surface area (Å²) >= 11 is 0. The van der Waals surface area contributed by atoms with Gasteiger partial charge in [0.25, 0.3) is 0 Å². The van der Waals surface area contributed by atoms with Crippen molar-refractivity contribution < 1.29 is 15.0 Å². The van der Waals surface area contributed by atoms with Crippen LogP contribution in [0.25, 0.3) is 0 Å². The minimum Gasteiger partial charge on any atom is -0.394 e. The Balaban J connectivity index is 2.47. The molecule has 17 heavy (non-hydrogen) atoms. The van der Waals surface area contributed by atoms with Crippen molar-refractivity contribution >= 4 is 5.91 Å². The highest BCUT2D eigenvalue weighted by molar-refractivity contribution is 5.82. The Morgan fingerprint density at radius 3 is 2.35 bits per heavy atom. The molecule has 0 spiro atoms. The third-order valence-corrected chi connectivity index (χ3v) is 2.42. The fraction of sp³-hybridized carbons (Fsp3) is 0.417. The Hall–Kier alpha value is -1.43. The zero-order valence-corrected chi connectivity index (χ0v) is 9.54. The maximum atomic E-state index is 11.6. The molecule has 1 aromatic carbocycles. The predicted molar refractivity (Wildman–Crippen MR) is 64.2 cm³/mol. The van der Waals surface area contributed by atoms with Gasteiger partial charge in [0.1, 0.15) is 0 Å². The number of rotatable bonds is 6. The van der Waals surface area contributed by atoms with E-state index < -0.39 is 12.1 Å². The van der Waals surface area contributed by atoms with Crippen LogP contribution in [0.15, 0.2) is 30.3 Å². The largest absolute Gasteiger partial charge is 0.394 e. The Morgan fingerprint density at radius 1 is 1.24 bits per heavy atom. The van der Waals surface area contributed by atoms with Crippen LogP contribution >= 0.6 is 0 Å². The van der Waals surface area contributed by atoms with Crippen LogP contribution < -0.4 is 11.1 Å². The fourth-order valence-corrected chi connectivity index (χ4v) is 1.42. The van der Waals surface area contributed by atoms with E-state index in [-0.39, 0.29) is 19.1 Å². The molecule has 0 aliphatic rings. The van der Waals surface area contributed by atoms with E-state index in [0.29, 0.717) is 6.42 Å². The first kappa shape index (κ1) is 13.6.